The van der Waals surface area contributed by atoms with Crippen LogP contribution in [-0.4, -0.2) is 0 Å². The molecule has 0 aromatic carbocycles. The fourth-order valence-corrected chi connectivity index (χ4v) is 1.90. The van der Waals surface area contributed by atoms with E-state index in [1.54, 1.807) is 0 Å². The molecule has 1 aliphatic rings. The van der Waals surface area contributed by atoms with Gasteiger partial charge < -0.3 is 0 Å². The first-order valence-corrected chi connectivity index (χ1v) is 4.99. The van der Waals surface area contributed by atoms with Gasteiger partial charge in [0.1, 0.15) is 0 Å². The van der Waals surface area contributed by atoms with Crippen molar-refractivity contribution in [3.8, 4) is 0 Å². The van der Waals surface area contributed by atoms with E-state index in [0.717, 1.165) is 11.8 Å². The summed E-state index contributed by atoms with van der Waals surface area (Å²) >= 11 is 0. The summed E-state index contributed by atoms with van der Waals surface area (Å²) in [6, 6.07) is 0. The zero-order valence-electron chi connectivity index (χ0n) is 7.84. The number of rotatable bonds is 2. The van der Waals surface area contributed by atoms with Gasteiger partial charge in [0.2, 0.25) is 0 Å². The lowest BCUT2D eigenvalue weighted by molar-refractivity contribution is 0.315. The second kappa shape index (κ2) is 4.58. The summed E-state index contributed by atoms with van der Waals surface area (Å²) in [6.45, 7) is 4.71. The molecule has 0 heterocycles. The summed E-state index contributed by atoms with van der Waals surface area (Å²) in [6.07, 6.45) is 11.5. The Bertz CT molecular complexity index is 114. The molecule has 0 fully saturated rings. The molecule has 64 valence electrons. The van der Waals surface area contributed by atoms with Gasteiger partial charge in [-0.15, -0.1) is 0 Å². The van der Waals surface area contributed by atoms with Gasteiger partial charge >= 0.3 is 0 Å². The lowest BCUT2D eigenvalue weighted by Crippen LogP contribution is -2.09. The summed E-state index contributed by atoms with van der Waals surface area (Å²) in [5.74, 6) is 1.94. The molecule has 0 aliphatic heterocycles. The molecule has 0 saturated carbocycles. The van der Waals surface area contributed by atoms with E-state index in [1.165, 1.54) is 32.1 Å². The summed E-state index contributed by atoms with van der Waals surface area (Å²) in [4.78, 5) is 0. The van der Waals surface area contributed by atoms with Crippen LogP contribution in [0.2, 0.25) is 0 Å². The Morgan fingerprint density at radius 1 is 1.27 bits per heavy atom. The molecular weight excluding hydrogens is 132 g/mol. The highest BCUT2D eigenvalue weighted by atomic mass is 14.2. The second-order valence-electron chi connectivity index (χ2n) is 3.77. The zero-order valence-corrected chi connectivity index (χ0v) is 7.84. The van der Waals surface area contributed by atoms with E-state index in [1.807, 2.05) is 0 Å². The van der Waals surface area contributed by atoms with Crippen molar-refractivity contribution in [1.29, 1.82) is 0 Å². The third kappa shape index (κ3) is 2.69. The lowest BCUT2D eigenvalue weighted by Gasteiger charge is -2.20. The molecular formula is C11H20. The monoisotopic (exact) mass is 152 g/mol. The topological polar surface area (TPSA) is 0 Å². The Morgan fingerprint density at radius 3 is 2.27 bits per heavy atom. The first-order valence-electron chi connectivity index (χ1n) is 4.99. The largest absolute Gasteiger partial charge is 0.0885 e. The van der Waals surface area contributed by atoms with Crippen molar-refractivity contribution in [1.82, 2.24) is 0 Å². The van der Waals surface area contributed by atoms with Crippen LogP contribution in [0, 0.1) is 11.8 Å². The first kappa shape index (κ1) is 8.83. The van der Waals surface area contributed by atoms with Crippen LogP contribution < -0.4 is 0 Å². The molecule has 1 atom stereocenters. The van der Waals surface area contributed by atoms with E-state index in [0.29, 0.717) is 0 Å². The summed E-state index contributed by atoms with van der Waals surface area (Å²) < 4.78 is 0. The number of hydrogen-bond acceptors (Lipinski definition) is 0. The predicted octanol–water partition coefficient (Wildman–Crippen LogP) is 3.78. The average Bonchev–Trinajstić information content (AvgIpc) is 2.30. The minimum atomic E-state index is 0.940. The normalized spacial score (nSPS) is 23.1. The predicted molar refractivity (Wildman–Crippen MR) is 50.6 cm³/mol. The zero-order chi connectivity index (χ0) is 8.10. The van der Waals surface area contributed by atoms with Gasteiger partial charge in [0.15, 0.2) is 0 Å². The van der Waals surface area contributed by atoms with Crippen LogP contribution in [0.1, 0.15) is 46.0 Å². The standard InChI is InChI=1S/C11H20/c1-3-10(2)11-8-6-4-5-7-9-11/h4-5,10-11H,3,6-9H2,1-2H3. The smallest absolute Gasteiger partial charge is 0.0348 e. The van der Waals surface area contributed by atoms with Crippen LogP contribution in [0.15, 0.2) is 12.2 Å². The second-order valence-corrected chi connectivity index (χ2v) is 3.77. The molecule has 1 rings (SSSR count). The van der Waals surface area contributed by atoms with E-state index >= 15 is 0 Å². The van der Waals surface area contributed by atoms with E-state index in [-0.39, 0.29) is 0 Å². The molecule has 0 bridgehead atoms. The van der Waals surface area contributed by atoms with E-state index in [2.05, 4.69) is 26.0 Å². The highest BCUT2D eigenvalue weighted by Crippen LogP contribution is 2.27. The Kier molecular flexibility index (Phi) is 3.68. The van der Waals surface area contributed by atoms with Crippen LogP contribution in [0.3, 0.4) is 0 Å². The van der Waals surface area contributed by atoms with Gasteiger partial charge in [0.25, 0.3) is 0 Å². The van der Waals surface area contributed by atoms with Gasteiger partial charge in [-0.3, -0.25) is 0 Å². The van der Waals surface area contributed by atoms with Crippen molar-refractivity contribution in [3.63, 3.8) is 0 Å². The van der Waals surface area contributed by atoms with Gasteiger partial charge in [-0.25, -0.2) is 0 Å². The highest BCUT2D eigenvalue weighted by molar-refractivity contribution is 4.87. The molecule has 0 aromatic heterocycles. The maximum absolute atomic E-state index is 2.40. The van der Waals surface area contributed by atoms with Crippen LogP contribution in [0.25, 0.3) is 0 Å². The minimum Gasteiger partial charge on any atom is -0.0885 e. The molecule has 1 aliphatic carbocycles. The summed E-state index contributed by atoms with van der Waals surface area (Å²) in [7, 11) is 0. The number of hydrogen-bond donors (Lipinski definition) is 0. The van der Waals surface area contributed by atoms with Crippen LogP contribution in [-0.2, 0) is 0 Å². The van der Waals surface area contributed by atoms with Gasteiger partial charge in [0.05, 0.1) is 0 Å². The van der Waals surface area contributed by atoms with Crippen molar-refractivity contribution < 1.29 is 0 Å². The Balaban J connectivity index is 2.34. The number of allylic oxidation sites excluding steroid dienone is 2. The molecule has 0 N–H and O–H groups in total. The molecule has 0 spiro atoms. The fraction of sp³-hybridized carbons (Fsp3) is 0.818. The van der Waals surface area contributed by atoms with Crippen LogP contribution in [0.5, 0.6) is 0 Å². The van der Waals surface area contributed by atoms with Crippen molar-refractivity contribution in [2.75, 3.05) is 0 Å². The van der Waals surface area contributed by atoms with Crippen LogP contribution in [0.4, 0.5) is 0 Å². The van der Waals surface area contributed by atoms with E-state index in [4.69, 9.17) is 0 Å². The van der Waals surface area contributed by atoms with E-state index < -0.39 is 0 Å². The third-order valence-corrected chi connectivity index (χ3v) is 3.02. The van der Waals surface area contributed by atoms with Crippen molar-refractivity contribution in [2.45, 2.75) is 46.0 Å². The molecule has 0 radical (unpaired) electrons. The maximum atomic E-state index is 2.40. The maximum Gasteiger partial charge on any atom is -0.0348 e. The van der Waals surface area contributed by atoms with Gasteiger partial charge in [0, 0.05) is 0 Å². The van der Waals surface area contributed by atoms with Crippen molar-refractivity contribution in [3.05, 3.63) is 12.2 Å². The quantitative estimate of drug-likeness (QED) is 0.528. The molecule has 0 amide bonds. The summed E-state index contributed by atoms with van der Waals surface area (Å²) in [5.41, 5.74) is 0. The Labute approximate surface area is 70.7 Å². The van der Waals surface area contributed by atoms with Gasteiger partial charge in [-0.1, -0.05) is 32.4 Å². The highest BCUT2D eigenvalue weighted by Gasteiger charge is 2.15. The third-order valence-electron chi connectivity index (χ3n) is 3.02. The Hall–Kier alpha value is -0.260. The molecule has 0 saturated heterocycles. The average molecular weight is 152 g/mol. The van der Waals surface area contributed by atoms with Gasteiger partial charge in [-0.2, -0.15) is 0 Å². The summed E-state index contributed by atoms with van der Waals surface area (Å²) in [5, 5.41) is 0. The molecule has 1 unspecified atom stereocenters. The molecule has 0 aromatic rings. The SMILES string of the molecule is CCC(C)C1CCC=CCC1. The van der Waals surface area contributed by atoms with Crippen molar-refractivity contribution in [2.24, 2.45) is 11.8 Å². The Morgan fingerprint density at radius 2 is 1.82 bits per heavy atom. The lowest BCUT2D eigenvalue weighted by atomic mass is 9.86. The van der Waals surface area contributed by atoms with Gasteiger partial charge in [-0.05, 0) is 37.5 Å². The first-order chi connectivity index (χ1) is 5.34. The fourth-order valence-electron chi connectivity index (χ4n) is 1.90. The van der Waals surface area contributed by atoms with Crippen molar-refractivity contribution >= 4 is 0 Å². The van der Waals surface area contributed by atoms with Crippen LogP contribution >= 0.6 is 0 Å². The molecule has 11 heavy (non-hydrogen) atoms. The minimum absolute atomic E-state index is 0.940. The molecule has 0 nitrogen and oxygen atoms in total. The molecule has 0 heteroatoms. The van der Waals surface area contributed by atoms with E-state index in [9.17, 15) is 0 Å².